The number of benzene rings is 2. The van der Waals surface area contributed by atoms with Crippen LogP contribution in [0.5, 0.6) is 0 Å². The molecule has 1 saturated carbocycles. The molecule has 10 heteroatoms. The first-order valence-electron chi connectivity index (χ1n) is 11.5. The van der Waals surface area contributed by atoms with Crippen molar-refractivity contribution in [3.8, 4) is 0 Å². The van der Waals surface area contributed by atoms with Crippen LogP contribution in [-0.4, -0.2) is 50.0 Å². The summed E-state index contributed by atoms with van der Waals surface area (Å²) in [7, 11) is -3.86. The number of rotatable bonds is 9. The number of carbonyl (C=O) groups is 2. The molecule has 7 nitrogen and oxygen atoms in total. The van der Waals surface area contributed by atoms with Crippen LogP contribution >= 0.6 is 23.2 Å². The predicted octanol–water partition coefficient (Wildman–Crippen LogP) is 4.54. The van der Waals surface area contributed by atoms with Crippen LogP contribution in [0, 0.1) is 6.92 Å². The molecule has 190 valence electrons. The molecule has 1 fully saturated rings. The summed E-state index contributed by atoms with van der Waals surface area (Å²) in [5.74, 6) is -0.768. The fourth-order valence-corrected chi connectivity index (χ4v) is 5.51. The summed E-state index contributed by atoms with van der Waals surface area (Å²) in [6.07, 6.45) is 4.98. The summed E-state index contributed by atoms with van der Waals surface area (Å²) < 4.78 is 26.2. The monoisotopic (exact) mass is 539 g/mol. The Kier molecular flexibility index (Phi) is 9.07. The lowest BCUT2D eigenvalue weighted by Crippen LogP contribution is -2.52. The molecule has 0 bridgehead atoms. The molecule has 0 spiro atoms. The molecule has 0 aliphatic heterocycles. The zero-order chi connectivity index (χ0) is 25.8. The van der Waals surface area contributed by atoms with Crippen LogP contribution in [0.4, 0.5) is 5.69 Å². The Morgan fingerprint density at radius 2 is 1.63 bits per heavy atom. The van der Waals surface area contributed by atoms with Crippen LogP contribution in [0.15, 0.2) is 42.5 Å². The average molecular weight is 541 g/mol. The van der Waals surface area contributed by atoms with Crippen LogP contribution < -0.4 is 9.62 Å². The lowest BCUT2D eigenvalue weighted by molar-refractivity contribution is -0.139. The normalized spacial score (nSPS) is 15.0. The molecule has 1 atom stereocenters. The smallest absolute Gasteiger partial charge is 0.244 e. The lowest BCUT2D eigenvalue weighted by Gasteiger charge is -2.32. The number of nitrogens with zero attached hydrogens (tertiary/aromatic N) is 2. The van der Waals surface area contributed by atoms with Gasteiger partial charge in [-0.1, -0.05) is 65.9 Å². The van der Waals surface area contributed by atoms with E-state index in [-0.39, 0.29) is 34.2 Å². The molecule has 0 heterocycles. The first kappa shape index (κ1) is 27.3. The van der Waals surface area contributed by atoms with Gasteiger partial charge in [0.1, 0.15) is 12.6 Å². The number of nitrogens with one attached hydrogen (secondary N) is 1. The second kappa shape index (κ2) is 11.6. The molecule has 2 amide bonds. The SMILES string of the molecule is Cc1ccc(CN(C(=O)CN(c2cc(Cl)cc(Cl)c2)S(C)(=O)=O)C(C)C(=O)NC2CCCC2)cc1. The van der Waals surface area contributed by atoms with Gasteiger partial charge in [-0.05, 0) is 50.5 Å². The van der Waals surface area contributed by atoms with Gasteiger partial charge in [0, 0.05) is 22.6 Å². The first-order chi connectivity index (χ1) is 16.4. The standard InChI is InChI=1S/C25H31Cl2N3O4S/c1-17-8-10-19(11-9-17)15-29(18(2)25(32)28-22-6-4-5-7-22)24(31)16-30(35(3,33)34)23-13-20(26)12-21(27)14-23/h8-14,18,22H,4-7,15-16H2,1-3H3,(H,28,32). The molecule has 0 radical (unpaired) electrons. The number of hydrogen-bond acceptors (Lipinski definition) is 4. The number of anilines is 1. The minimum atomic E-state index is -3.86. The van der Waals surface area contributed by atoms with Crippen LogP contribution in [0.25, 0.3) is 0 Å². The van der Waals surface area contributed by atoms with Gasteiger partial charge in [-0.3, -0.25) is 13.9 Å². The highest BCUT2D eigenvalue weighted by Gasteiger charge is 2.31. The number of hydrogen-bond donors (Lipinski definition) is 1. The second-order valence-electron chi connectivity index (χ2n) is 9.07. The summed E-state index contributed by atoms with van der Waals surface area (Å²) in [5, 5.41) is 3.53. The quantitative estimate of drug-likeness (QED) is 0.506. The minimum Gasteiger partial charge on any atom is -0.352 e. The number of halogens is 2. The molecule has 2 aromatic carbocycles. The zero-order valence-corrected chi connectivity index (χ0v) is 22.5. The van der Waals surface area contributed by atoms with Gasteiger partial charge in [-0.15, -0.1) is 0 Å². The highest BCUT2D eigenvalue weighted by atomic mass is 35.5. The van der Waals surface area contributed by atoms with Crippen LogP contribution in [-0.2, 0) is 26.2 Å². The number of amides is 2. The second-order valence-corrected chi connectivity index (χ2v) is 11.9. The maximum atomic E-state index is 13.6. The molecule has 35 heavy (non-hydrogen) atoms. The van der Waals surface area contributed by atoms with Crippen molar-refractivity contribution in [1.29, 1.82) is 0 Å². The fraction of sp³-hybridized carbons (Fsp3) is 0.440. The zero-order valence-electron chi connectivity index (χ0n) is 20.1. The van der Waals surface area contributed by atoms with E-state index < -0.39 is 28.5 Å². The van der Waals surface area contributed by atoms with Crippen molar-refractivity contribution in [1.82, 2.24) is 10.2 Å². The van der Waals surface area contributed by atoms with Crippen molar-refractivity contribution in [2.24, 2.45) is 0 Å². The summed E-state index contributed by atoms with van der Waals surface area (Å²) >= 11 is 12.2. The highest BCUT2D eigenvalue weighted by molar-refractivity contribution is 7.92. The Morgan fingerprint density at radius 1 is 1.06 bits per heavy atom. The summed E-state index contributed by atoms with van der Waals surface area (Å²) in [6, 6.07) is 11.3. The molecule has 1 unspecified atom stereocenters. The number of aryl methyl sites for hydroxylation is 1. The molecule has 1 aliphatic carbocycles. The molecular formula is C25H31Cl2N3O4S. The van der Waals surface area contributed by atoms with E-state index in [9.17, 15) is 18.0 Å². The third kappa shape index (κ3) is 7.59. The Labute approximate surface area is 217 Å². The van der Waals surface area contributed by atoms with Crippen molar-refractivity contribution >= 4 is 50.7 Å². The maximum absolute atomic E-state index is 13.6. The van der Waals surface area contributed by atoms with Crippen molar-refractivity contribution in [2.45, 2.75) is 58.2 Å². The molecule has 2 aromatic rings. The molecule has 3 rings (SSSR count). The maximum Gasteiger partial charge on any atom is 0.244 e. The Morgan fingerprint density at radius 3 is 2.17 bits per heavy atom. The minimum absolute atomic E-state index is 0.0994. The van der Waals surface area contributed by atoms with Crippen molar-refractivity contribution in [3.05, 3.63) is 63.6 Å². The van der Waals surface area contributed by atoms with E-state index in [0.717, 1.165) is 47.4 Å². The number of carbonyl (C=O) groups excluding carboxylic acids is 2. The Hall–Kier alpha value is -2.29. The van der Waals surface area contributed by atoms with Gasteiger partial charge in [0.05, 0.1) is 11.9 Å². The average Bonchev–Trinajstić information content (AvgIpc) is 3.28. The van der Waals surface area contributed by atoms with Crippen LogP contribution in [0.3, 0.4) is 0 Å². The predicted molar refractivity (Wildman–Crippen MR) is 140 cm³/mol. The van der Waals surface area contributed by atoms with Gasteiger partial charge in [0.2, 0.25) is 21.8 Å². The Bertz CT molecular complexity index is 1150. The van der Waals surface area contributed by atoms with E-state index in [4.69, 9.17) is 23.2 Å². The van der Waals surface area contributed by atoms with Crippen LogP contribution in [0.2, 0.25) is 10.0 Å². The first-order valence-corrected chi connectivity index (χ1v) is 14.1. The highest BCUT2D eigenvalue weighted by Crippen LogP contribution is 2.27. The van der Waals surface area contributed by atoms with Crippen molar-refractivity contribution in [3.63, 3.8) is 0 Å². The molecule has 1 aliphatic rings. The van der Waals surface area contributed by atoms with E-state index in [0.29, 0.717) is 0 Å². The van der Waals surface area contributed by atoms with E-state index in [2.05, 4.69) is 5.32 Å². The van der Waals surface area contributed by atoms with E-state index in [1.54, 1.807) is 6.92 Å². The van der Waals surface area contributed by atoms with Crippen molar-refractivity contribution in [2.75, 3.05) is 17.1 Å². The lowest BCUT2D eigenvalue weighted by atomic mass is 10.1. The van der Waals surface area contributed by atoms with E-state index in [1.165, 1.54) is 23.1 Å². The van der Waals surface area contributed by atoms with Gasteiger partial charge >= 0.3 is 0 Å². The Balaban J connectivity index is 1.89. The number of sulfonamides is 1. The fourth-order valence-electron chi connectivity index (χ4n) is 4.16. The molecule has 0 saturated heterocycles. The summed E-state index contributed by atoms with van der Waals surface area (Å²) in [6.45, 7) is 3.29. The molecule has 1 N–H and O–H groups in total. The van der Waals surface area contributed by atoms with Gasteiger partial charge < -0.3 is 10.2 Å². The van der Waals surface area contributed by atoms with Gasteiger partial charge in [0.25, 0.3) is 0 Å². The summed E-state index contributed by atoms with van der Waals surface area (Å²) in [4.78, 5) is 28.0. The largest absolute Gasteiger partial charge is 0.352 e. The van der Waals surface area contributed by atoms with E-state index in [1.807, 2.05) is 31.2 Å². The molecular weight excluding hydrogens is 509 g/mol. The van der Waals surface area contributed by atoms with E-state index >= 15 is 0 Å². The van der Waals surface area contributed by atoms with Gasteiger partial charge in [-0.2, -0.15) is 0 Å². The third-order valence-corrected chi connectivity index (χ3v) is 7.73. The van der Waals surface area contributed by atoms with Crippen molar-refractivity contribution < 1.29 is 18.0 Å². The molecule has 0 aromatic heterocycles. The third-order valence-electron chi connectivity index (χ3n) is 6.16. The van der Waals surface area contributed by atoms with Crippen LogP contribution in [0.1, 0.15) is 43.7 Å². The van der Waals surface area contributed by atoms with Gasteiger partial charge in [-0.25, -0.2) is 8.42 Å². The van der Waals surface area contributed by atoms with Gasteiger partial charge in [0.15, 0.2) is 0 Å². The summed E-state index contributed by atoms with van der Waals surface area (Å²) in [5.41, 5.74) is 2.08. The topological polar surface area (TPSA) is 86.8 Å².